The number of nitrogens with zero attached hydrogens (tertiary/aromatic N) is 1. The average Bonchev–Trinajstić information content (AvgIpc) is 3.85. The Labute approximate surface area is 441 Å². The van der Waals surface area contributed by atoms with Gasteiger partial charge in [0.2, 0.25) is 0 Å². The van der Waals surface area contributed by atoms with Crippen molar-refractivity contribution in [3.8, 4) is 0 Å². The summed E-state index contributed by atoms with van der Waals surface area (Å²) in [5.74, 6) is 0.206. The van der Waals surface area contributed by atoms with Crippen LogP contribution in [0.15, 0.2) is 188 Å². The SMILES string of the molecule is CC(C)(C)OC(=O)N[C@@H](Cc1ccccc1)C(=O)Cc1cccc(Br)c1.N[C@@H](Cc1ccccc1)C(=O)Cc1cccc(Br)c1.O=C(Cc1cccc(Br)c1)[C@H](Cc1ccccc1)NCc1cscn1. The van der Waals surface area contributed by atoms with Crippen molar-refractivity contribution in [2.45, 2.75) is 89.6 Å². The van der Waals surface area contributed by atoms with Crippen LogP contribution >= 0.6 is 59.1 Å². The van der Waals surface area contributed by atoms with Crippen LogP contribution in [0, 0.1) is 0 Å². The van der Waals surface area contributed by atoms with Gasteiger partial charge in [-0.25, -0.2) is 9.78 Å². The number of carbonyl (C=O) groups is 4. The van der Waals surface area contributed by atoms with E-state index in [0.29, 0.717) is 38.6 Å². The van der Waals surface area contributed by atoms with E-state index in [9.17, 15) is 19.2 Å². The molecule has 0 unspecified atom stereocenters. The molecule has 7 rings (SSSR count). The van der Waals surface area contributed by atoms with Crippen LogP contribution in [0.5, 0.6) is 0 Å². The quantitative estimate of drug-likeness (QED) is 0.0727. The molecule has 3 atom stereocenters. The van der Waals surface area contributed by atoms with E-state index in [-0.39, 0.29) is 29.8 Å². The van der Waals surface area contributed by atoms with E-state index in [0.717, 1.165) is 52.5 Å². The minimum absolute atomic E-state index is 0.0576. The summed E-state index contributed by atoms with van der Waals surface area (Å²) in [4.78, 5) is 54.3. The number of thiazole rings is 1. The molecule has 0 saturated carbocycles. The molecule has 1 heterocycles. The van der Waals surface area contributed by atoms with Crippen molar-refractivity contribution in [1.82, 2.24) is 15.6 Å². The first-order chi connectivity index (χ1) is 33.6. The predicted molar refractivity (Wildman–Crippen MR) is 293 cm³/mol. The number of hydrogen-bond acceptors (Lipinski definition) is 9. The lowest BCUT2D eigenvalue weighted by atomic mass is 9.97. The molecule has 0 bridgehead atoms. The Morgan fingerprint density at radius 2 is 0.957 bits per heavy atom. The van der Waals surface area contributed by atoms with E-state index in [4.69, 9.17) is 10.5 Å². The van der Waals surface area contributed by atoms with Crippen LogP contribution < -0.4 is 16.4 Å². The normalized spacial score (nSPS) is 12.2. The average molecular weight is 1150 g/mol. The zero-order valence-corrected chi connectivity index (χ0v) is 45.1. The van der Waals surface area contributed by atoms with Gasteiger partial charge < -0.3 is 21.1 Å². The standard InChI is InChI=1S/C21H24BrNO3.C20H19BrN2OS.C16H16BrNO/c1-21(2,3)26-20(25)23-18(13-15-8-5-4-6-9-15)19(24)14-16-10-7-11-17(22)12-16;21-17-8-4-7-16(9-17)11-20(24)19(10-15-5-2-1-3-6-15)22-12-18-13-25-14-23-18;17-14-8-4-7-13(9-14)11-16(19)15(18)10-12-5-2-1-3-6-12/h4-12,18H,13-14H2,1-3H3,(H,23,25);1-9,13-14,19,22H,10-12H2;1-9,15H,10-11,18H2/t18-;19-;15-/m000/s1. The maximum absolute atomic E-state index is 12.9. The fourth-order valence-corrected chi connectivity index (χ4v) is 9.05. The number of aromatic nitrogens is 1. The fraction of sp³-hybridized carbons (Fsp3) is 0.246. The lowest BCUT2D eigenvalue weighted by molar-refractivity contribution is -0.121. The Balaban J connectivity index is 0.000000198. The van der Waals surface area contributed by atoms with E-state index >= 15 is 0 Å². The second kappa shape index (κ2) is 29.1. The van der Waals surface area contributed by atoms with Gasteiger partial charge in [-0.3, -0.25) is 14.4 Å². The van der Waals surface area contributed by atoms with Crippen LogP contribution in [-0.4, -0.2) is 52.2 Å². The van der Waals surface area contributed by atoms with Gasteiger partial charge in [-0.05, 0) is 110 Å². The number of halogens is 3. The van der Waals surface area contributed by atoms with Crippen LogP contribution in [0.1, 0.15) is 59.8 Å². The molecule has 70 heavy (non-hydrogen) atoms. The van der Waals surface area contributed by atoms with Gasteiger partial charge in [0.1, 0.15) is 5.60 Å². The third-order valence-corrected chi connectivity index (χ3v) is 12.7. The van der Waals surface area contributed by atoms with Gasteiger partial charge in [0.15, 0.2) is 17.3 Å². The largest absolute Gasteiger partial charge is 0.444 e. The summed E-state index contributed by atoms with van der Waals surface area (Å²) >= 11 is 11.8. The molecule has 364 valence electrons. The van der Waals surface area contributed by atoms with Gasteiger partial charge in [-0.1, -0.05) is 175 Å². The molecular weight excluding hydrogens is 1090 g/mol. The lowest BCUT2D eigenvalue weighted by Gasteiger charge is -2.23. The molecule has 0 saturated heterocycles. The highest BCUT2D eigenvalue weighted by molar-refractivity contribution is 9.11. The number of hydrogen-bond donors (Lipinski definition) is 3. The number of rotatable bonds is 19. The summed E-state index contributed by atoms with van der Waals surface area (Å²) in [6, 6.07) is 51.6. The first-order valence-corrected chi connectivity index (χ1v) is 26.2. The lowest BCUT2D eigenvalue weighted by Crippen LogP contribution is -2.45. The smallest absolute Gasteiger partial charge is 0.408 e. The van der Waals surface area contributed by atoms with E-state index in [1.54, 1.807) is 32.1 Å². The summed E-state index contributed by atoms with van der Waals surface area (Å²) in [6.07, 6.45) is 2.15. The molecule has 0 aliphatic carbocycles. The zero-order chi connectivity index (χ0) is 50.3. The molecule has 1 aromatic heterocycles. The molecule has 0 aliphatic rings. The number of nitrogens with two attached hydrogens (primary N) is 1. The van der Waals surface area contributed by atoms with E-state index in [1.165, 1.54) is 0 Å². The highest BCUT2D eigenvalue weighted by Crippen LogP contribution is 2.18. The highest BCUT2D eigenvalue weighted by atomic mass is 79.9. The number of Topliss-reactive ketones (excluding diaryl/α,β-unsaturated/α-hetero) is 3. The number of benzene rings is 6. The second-order valence-corrected chi connectivity index (χ2v) is 21.1. The van der Waals surface area contributed by atoms with Gasteiger partial charge in [0.05, 0.1) is 29.3 Å². The summed E-state index contributed by atoms with van der Waals surface area (Å²) < 4.78 is 8.21. The molecule has 0 radical (unpaired) electrons. The first-order valence-electron chi connectivity index (χ1n) is 22.9. The van der Waals surface area contributed by atoms with E-state index in [1.807, 2.05) is 163 Å². The van der Waals surface area contributed by atoms with Gasteiger partial charge >= 0.3 is 6.09 Å². The highest BCUT2D eigenvalue weighted by Gasteiger charge is 2.25. The molecule has 6 aromatic carbocycles. The number of carbonyl (C=O) groups excluding carboxylic acids is 4. The third kappa shape index (κ3) is 21.3. The van der Waals surface area contributed by atoms with Crippen LogP contribution in [0.3, 0.4) is 0 Å². The van der Waals surface area contributed by atoms with Crippen molar-refractivity contribution in [1.29, 1.82) is 0 Å². The summed E-state index contributed by atoms with van der Waals surface area (Å²) in [5, 5.41) is 8.13. The topological polar surface area (TPSA) is 140 Å². The summed E-state index contributed by atoms with van der Waals surface area (Å²) in [6.45, 7) is 5.98. The molecule has 0 fully saturated rings. The van der Waals surface area contributed by atoms with Gasteiger partial charge in [0, 0.05) is 44.6 Å². The Morgan fingerprint density at radius 1 is 0.557 bits per heavy atom. The maximum Gasteiger partial charge on any atom is 0.408 e. The minimum Gasteiger partial charge on any atom is -0.444 e. The van der Waals surface area contributed by atoms with Crippen LogP contribution in [-0.2, 0) is 64.2 Å². The van der Waals surface area contributed by atoms with Crippen molar-refractivity contribution < 1.29 is 23.9 Å². The maximum atomic E-state index is 12.9. The third-order valence-electron chi connectivity index (χ3n) is 10.6. The molecule has 4 N–H and O–H groups in total. The summed E-state index contributed by atoms with van der Waals surface area (Å²) in [7, 11) is 0. The molecule has 7 aromatic rings. The van der Waals surface area contributed by atoms with Gasteiger partial charge in [0.25, 0.3) is 0 Å². The van der Waals surface area contributed by atoms with Gasteiger partial charge in [-0.2, -0.15) is 0 Å². The van der Waals surface area contributed by atoms with Gasteiger partial charge in [-0.15, -0.1) is 11.3 Å². The molecule has 9 nitrogen and oxygen atoms in total. The Bertz CT molecular complexity index is 2700. The molecule has 1 amide bonds. The van der Waals surface area contributed by atoms with E-state index < -0.39 is 23.8 Å². The van der Waals surface area contributed by atoms with Crippen molar-refractivity contribution in [2.24, 2.45) is 5.73 Å². The molecule has 0 spiro atoms. The molecular formula is C57H59Br3N4O5S. The molecule has 13 heteroatoms. The minimum atomic E-state index is -0.647. The van der Waals surface area contributed by atoms with E-state index in [2.05, 4.69) is 75.5 Å². The number of amides is 1. The van der Waals surface area contributed by atoms with Crippen LogP contribution in [0.25, 0.3) is 0 Å². The first kappa shape index (κ1) is 55.5. The Morgan fingerprint density at radius 3 is 1.37 bits per heavy atom. The Hall–Kier alpha value is -5.41. The predicted octanol–water partition coefficient (Wildman–Crippen LogP) is 12.2. The second-order valence-electron chi connectivity index (χ2n) is 17.6. The molecule has 0 aliphatic heterocycles. The van der Waals surface area contributed by atoms with Crippen molar-refractivity contribution in [3.05, 3.63) is 227 Å². The monoisotopic (exact) mass is 1150 g/mol. The summed E-state index contributed by atoms with van der Waals surface area (Å²) in [5.41, 5.74) is 14.3. The van der Waals surface area contributed by atoms with Crippen molar-refractivity contribution in [2.75, 3.05) is 0 Å². The zero-order valence-electron chi connectivity index (χ0n) is 39.5. The number of ketones is 3. The number of alkyl carbamates (subject to hydrolysis) is 1. The fourth-order valence-electron chi connectivity index (χ4n) is 7.15. The van der Waals surface area contributed by atoms with Crippen LogP contribution in [0.2, 0.25) is 0 Å². The van der Waals surface area contributed by atoms with Crippen molar-refractivity contribution in [3.63, 3.8) is 0 Å². The number of nitrogens with one attached hydrogen (secondary N) is 2. The Kier molecular flexibility index (Phi) is 23.0. The van der Waals surface area contributed by atoms with Crippen molar-refractivity contribution >= 4 is 82.6 Å². The van der Waals surface area contributed by atoms with Crippen LogP contribution in [0.4, 0.5) is 4.79 Å². The number of ether oxygens (including phenoxy) is 1.